The van der Waals surface area contributed by atoms with Crippen LogP contribution in [0.4, 0.5) is 17.1 Å². The van der Waals surface area contributed by atoms with Gasteiger partial charge in [-0.3, -0.25) is 4.79 Å². The maximum atomic E-state index is 12.4. The summed E-state index contributed by atoms with van der Waals surface area (Å²) in [6.45, 7) is 0. The summed E-state index contributed by atoms with van der Waals surface area (Å²) in [6.07, 6.45) is 0. The number of nitrogen functional groups attached to an aromatic ring is 1. The Hall–Kier alpha value is -3.27. The van der Waals surface area contributed by atoms with Gasteiger partial charge in [-0.05, 0) is 60.7 Å². The summed E-state index contributed by atoms with van der Waals surface area (Å²) in [5.41, 5.74) is 8.96. The normalized spacial score (nSPS) is 10.3. The Kier molecular flexibility index (Phi) is 3.97. The van der Waals surface area contributed by atoms with Gasteiger partial charge in [0.25, 0.3) is 0 Å². The standard InChI is InChI=1S/C19H16N2O2/c20-14-7-11-16(12-8-14)21-15-9-5-13(6-10-15)19(23)17-3-1-2-4-18(17)22/h1-12,21-22H,20H2. The number of phenols is 1. The third kappa shape index (κ3) is 3.32. The maximum absolute atomic E-state index is 12.4. The largest absolute Gasteiger partial charge is 0.507 e. The second-order valence-corrected chi connectivity index (χ2v) is 5.17. The van der Waals surface area contributed by atoms with Crippen LogP contribution in [-0.4, -0.2) is 10.9 Å². The van der Waals surface area contributed by atoms with E-state index < -0.39 is 0 Å². The van der Waals surface area contributed by atoms with Crippen molar-refractivity contribution in [3.05, 3.63) is 83.9 Å². The lowest BCUT2D eigenvalue weighted by atomic mass is 10.0. The van der Waals surface area contributed by atoms with Crippen LogP contribution in [0, 0.1) is 0 Å². The monoisotopic (exact) mass is 304 g/mol. The molecular weight excluding hydrogens is 288 g/mol. The quantitative estimate of drug-likeness (QED) is 0.504. The van der Waals surface area contributed by atoms with E-state index in [-0.39, 0.29) is 11.5 Å². The van der Waals surface area contributed by atoms with Gasteiger partial charge in [0, 0.05) is 22.6 Å². The van der Waals surface area contributed by atoms with Crippen LogP contribution >= 0.6 is 0 Å². The Bertz CT molecular complexity index is 825. The van der Waals surface area contributed by atoms with Gasteiger partial charge in [0.05, 0.1) is 5.56 Å². The number of benzene rings is 3. The van der Waals surface area contributed by atoms with E-state index in [4.69, 9.17) is 5.73 Å². The summed E-state index contributed by atoms with van der Waals surface area (Å²) < 4.78 is 0. The van der Waals surface area contributed by atoms with Gasteiger partial charge in [0.15, 0.2) is 5.78 Å². The van der Waals surface area contributed by atoms with E-state index in [0.717, 1.165) is 11.4 Å². The molecule has 3 rings (SSSR count). The van der Waals surface area contributed by atoms with Gasteiger partial charge in [-0.25, -0.2) is 0 Å². The Morgan fingerprint density at radius 3 is 2.00 bits per heavy atom. The fourth-order valence-corrected chi connectivity index (χ4v) is 2.26. The number of phenolic OH excluding ortho intramolecular Hbond substituents is 1. The maximum Gasteiger partial charge on any atom is 0.196 e. The molecule has 23 heavy (non-hydrogen) atoms. The fourth-order valence-electron chi connectivity index (χ4n) is 2.26. The molecule has 0 bridgehead atoms. The molecule has 4 nitrogen and oxygen atoms in total. The fraction of sp³-hybridized carbons (Fsp3) is 0. The number of aromatic hydroxyl groups is 1. The molecule has 3 aromatic carbocycles. The van der Waals surface area contributed by atoms with Crippen molar-refractivity contribution in [2.24, 2.45) is 0 Å². The number of anilines is 3. The molecule has 0 aromatic heterocycles. The van der Waals surface area contributed by atoms with Crippen LogP contribution in [0.15, 0.2) is 72.8 Å². The number of nitrogens with two attached hydrogens (primary N) is 1. The molecule has 0 aliphatic rings. The number of carbonyl (C=O) groups excluding carboxylic acids is 1. The minimum Gasteiger partial charge on any atom is -0.507 e. The van der Waals surface area contributed by atoms with Gasteiger partial charge in [0.2, 0.25) is 0 Å². The Balaban J connectivity index is 1.78. The highest BCUT2D eigenvalue weighted by Gasteiger charge is 2.12. The van der Waals surface area contributed by atoms with E-state index in [2.05, 4.69) is 5.32 Å². The average Bonchev–Trinajstić information content (AvgIpc) is 2.57. The van der Waals surface area contributed by atoms with Crippen LogP contribution in [0.2, 0.25) is 0 Å². The molecule has 0 fully saturated rings. The van der Waals surface area contributed by atoms with E-state index >= 15 is 0 Å². The second-order valence-electron chi connectivity index (χ2n) is 5.17. The molecule has 114 valence electrons. The van der Waals surface area contributed by atoms with Crippen molar-refractivity contribution >= 4 is 22.8 Å². The van der Waals surface area contributed by atoms with Crippen molar-refractivity contribution in [1.82, 2.24) is 0 Å². The minimum absolute atomic E-state index is 0.0124. The molecular formula is C19H16N2O2. The number of rotatable bonds is 4. The zero-order chi connectivity index (χ0) is 16.2. The number of hydrogen-bond donors (Lipinski definition) is 3. The van der Waals surface area contributed by atoms with Crippen molar-refractivity contribution in [3.8, 4) is 5.75 Å². The summed E-state index contributed by atoms with van der Waals surface area (Å²) in [7, 11) is 0. The Morgan fingerprint density at radius 1 is 0.826 bits per heavy atom. The smallest absolute Gasteiger partial charge is 0.196 e. The van der Waals surface area contributed by atoms with Crippen LogP contribution in [0.1, 0.15) is 15.9 Å². The Morgan fingerprint density at radius 2 is 1.39 bits per heavy atom. The molecule has 3 aromatic rings. The average molecular weight is 304 g/mol. The first-order chi connectivity index (χ1) is 11.1. The summed E-state index contributed by atoms with van der Waals surface area (Å²) in [5, 5.41) is 13.0. The minimum atomic E-state index is -0.206. The molecule has 0 aliphatic heterocycles. The van der Waals surface area contributed by atoms with Gasteiger partial charge >= 0.3 is 0 Å². The molecule has 0 spiro atoms. The summed E-state index contributed by atoms with van der Waals surface area (Å²) in [4.78, 5) is 12.4. The molecule has 0 atom stereocenters. The summed E-state index contributed by atoms with van der Waals surface area (Å²) >= 11 is 0. The van der Waals surface area contributed by atoms with Gasteiger partial charge in [-0.15, -0.1) is 0 Å². The number of carbonyl (C=O) groups is 1. The lowest BCUT2D eigenvalue weighted by Gasteiger charge is -2.08. The molecule has 0 saturated heterocycles. The van der Waals surface area contributed by atoms with Crippen LogP contribution in [0.3, 0.4) is 0 Å². The number of nitrogens with one attached hydrogen (secondary N) is 1. The number of hydrogen-bond acceptors (Lipinski definition) is 4. The lowest BCUT2D eigenvalue weighted by molar-refractivity contribution is 0.103. The summed E-state index contributed by atoms with van der Waals surface area (Å²) in [5.74, 6) is -0.219. The predicted octanol–water partition coefficient (Wildman–Crippen LogP) is 3.95. The highest BCUT2D eigenvalue weighted by atomic mass is 16.3. The lowest BCUT2D eigenvalue weighted by Crippen LogP contribution is -2.01. The third-order valence-corrected chi connectivity index (χ3v) is 3.50. The number of ketones is 1. The van der Waals surface area contributed by atoms with Crippen molar-refractivity contribution < 1.29 is 9.90 Å². The van der Waals surface area contributed by atoms with Crippen molar-refractivity contribution in [2.75, 3.05) is 11.1 Å². The molecule has 4 heteroatoms. The highest BCUT2D eigenvalue weighted by Crippen LogP contribution is 2.22. The van der Waals surface area contributed by atoms with Crippen molar-refractivity contribution in [3.63, 3.8) is 0 Å². The van der Waals surface area contributed by atoms with E-state index in [1.165, 1.54) is 6.07 Å². The van der Waals surface area contributed by atoms with Crippen molar-refractivity contribution in [2.45, 2.75) is 0 Å². The van der Waals surface area contributed by atoms with Gasteiger partial charge in [0.1, 0.15) is 5.75 Å². The molecule has 4 N–H and O–H groups in total. The van der Waals surface area contributed by atoms with Crippen LogP contribution in [-0.2, 0) is 0 Å². The van der Waals surface area contributed by atoms with E-state index in [1.807, 2.05) is 36.4 Å². The molecule has 0 unspecified atom stereocenters. The van der Waals surface area contributed by atoms with E-state index in [9.17, 15) is 9.90 Å². The van der Waals surface area contributed by atoms with Gasteiger partial charge < -0.3 is 16.2 Å². The Labute approximate surface area is 134 Å². The van der Waals surface area contributed by atoms with Gasteiger partial charge in [-0.1, -0.05) is 12.1 Å². The molecule has 0 radical (unpaired) electrons. The van der Waals surface area contributed by atoms with Gasteiger partial charge in [-0.2, -0.15) is 0 Å². The van der Waals surface area contributed by atoms with Crippen LogP contribution < -0.4 is 11.1 Å². The van der Waals surface area contributed by atoms with E-state index in [0.29, 0.717) is 16.8 Å². The molecule has 0 heterocycles. The second kappa shape index (κ2) is 6.23. The SMILES string of the molecule is Nc1ccc(Nc2ccc(C(=O)c3ccccc3O)cc2)cc1. The first kappa shape index (κ1) is 14.7. The third-order valence-electron chi connectivity index (χ3n) is 3.50. The summed E-state index contributed by atoms with van der Waals surface area (Å²) in [6, 6.07) is 21.0. The van der Waals surface area contributed by atoms with E-state index in [1.54, 1.807) is 30.3 Å². The molecule has 0 saturated carbocycles. The first-order valence-electron chi connectivity index (χ1n) is 7.19. The predicted molar refractivity (Wildman–Crippen MR) is 92.1 cm³/mol. The topological polar surface area (TPSA) is 75.3 Å². The molecule has 0 aliphatic carbocycles. The van der Waals surface area contributed by atoms with Crippen LogP contribution in [0.5, 0.6) is 5.75 Å². The number of para-hydroxylation sites is 1. The zero-order valence-electron chi connectivity index (χ0n) is 12.4. The molecule has 0 amide bonds. The first-order valence-corrected chi connectivity index (χ1v) is 7.19. The zero-order valence-corrected chi connectivity index (χ0v) is 12.4. The highest BCUT2D eigenvalue weighted by molar-refractivity contribution is 6.10. The van der Waals surface area contributed by atoms with Crippen LogP contribution in [0.25, 0.3) is 0 Å². The van der Waals surface area contributed by atoms with Crippen molar-refractivity contribution in [1.29, 1.82) is 0 Å².